The fraction of sp³-hybridized carbons (Fsp3) is 0.857. The first-order valence-corrected chi connectivity index (χ1v) is 16.4. The van der Waals surface area contributed by atoms with Crippen molar-refractivity contribution >= 4 is 0 Å². The molecule has 6 aliphatic rings. The van der Waals surface area contributed by atoms with Crippen molar-refractivity contribution < 1.29 is 14.2 Å². The minimum atomic E-state index is 0.0821. The van der Waals surface area contributed by atoms with E-state index in [0.717, 1.165) is 19.4 Å². The van der Waals surface area contributed by atoms with Gasteiger partial charge in [-0.25, -0.2) is 0 Å². The van der Waals surface area contributed by atoms with Crippen LogP contribution in [-0.4, -0.2) is 38.6 Å². The molecule has 2 bridgehead atoms. The Hall–Kier alpha value is -1.91. The smallest absolute Gasteiger partial charge is 0.0645 e. The highest BCUT2D eigenvalue weighted by Gasteiger charge is 2.70. The molecule has 4 saturated carbocycles. The van der Waals surface area contributed by atoms with Gasteiger partial charge in [0.15, 0.2) is 0 Å². The average Bonchev–Trinajstić information content (AvgIpc) is 2.95. The summed E-state index contributed by atoms with van der Waals surface area (Å²) in [4.78, 5) is 0. The summed E-state index contributed by atoms with van der Waals surface area (Å²) in [6, 6.07) is 6.79. The predicted octanol–water partition coefficient (Wildman–Crippen LogP) is 7.37. The Kier molecular flexibility index (Phi) is 9.21. The number of hydrogen-bond acceptors (Lipinski definition) is 6. The second-order valence-electron chi connectivity index (χ2n) is 14.7. The van der Waals surface area contributed by atoms with E-state index in [0.29, 0.717) is 74.6 Å². The number of rotatable bonds is 11. The Bertz CT molecular complexity index is 1100. The highest BCUT2D eigenvalue weighted by Crippen LogP contribution is 2.75. The number of hydrogen-bond donors (Lipinski definition) is 0. The second-order valence-corrected chi connectivity index (χ2v) is 14.7. The highest BCUT2D eigenvalue weighted by molar-refractivity contribution is 5.33. The molecule has 0 saturated heterocycles. The van der Waals surface area contributed by atoms with Gasteiger partial charge < -0.3 is 14.2 Å². The van der Waals surface area contributed by atoms with Crippen molar-refractivity contribution in [3.63, 3.8) is 0 Å². The third kappa shape index (κ3) is 5.26. The summed E-state index contributed by atoms with van der Waals surface area (Å²) < 4.78 is 19.3. The van der Waals surface area contributed by atoms with E-state index in [1.807, 2.05) is 0 Å². The lowest BCUT2D eigenvalue weighted by molar-refractivity contribution is -0.240. The molecular formula is C35H51N3O3. The van der Waals surface area contributed by atoms with Crippen molar-refractivity contribution in [2.24, 2.45) is 51.8 Å². The largest absolute Gasteiger partial charge is 0.380 e. The molecular weight excluding hydrogens is 510 g/mol. The van der Waals surface area contributed by atoms with E-state index >= 15 is 0 Å². The number of nitrogens with zero attached hydrogens (tertiary/aromatic N) is 3. The van der Waals surface area contributed by atoms with Gasteiger partial charge >= 0.3 is 0 Å². The molecule has 0 unspecified atom stereocenters. The molecule has 10 atom stereocenters. The van der Waals surface area contributed by atoms with Crippen LogP contribution in [0.4, 0.5) is 0 Å². The molecule has 41 heavy (non-hydrogen) atoms. The van der Waals surface area contributed by atoms with Gasteiger partial charge in [0.25, 0.3) is 0 Å². The van der Waals surface area contributed by atoms with Gasteiger partial charge in [-0.15, -0.1) is 0 Å². The van der Waals surface area contributed by atoms with Crippen LogP contribution in [0.2, 0.25) is 0 Å². The number of fused-ring (bicyclic) bond motifs is 1. The Morgan fingerprint density at radius 3 is 2.20 bits per heavy atom. The van der Waals surface area contributed by atoms with Crippen LogP contribution in [0.5, 0.6) is 0 Å². The van der Waals surface area contributed by atoms with Crippen molar-refractivity contribution in [3.8, 4) is 18.2 Å². The summed E-state index contributed by atoms with van der Waals surface area (Å²) in [6.07, 6.45) is 13.7. The molecule has 0 N–H and O–H groups in total. The van der Waals surface area contributed by atoms with Crippen molar-refractivity contribution in [2.75, 3.05) is 26.4 Å². The second kappa shape index (κ2) is 12.4. The zero-order chi connectivity index (χ0) is 29.3. The van der Waals surface area contributed by atoms with Crippen LogP contribution in [0.3, 0.4) is 0 Å². The molecule has 0 heterocycles. The fourth-order valence-corrected chi connectivity index (χ4v) is 11.1. The first-order chi connectivity index (χ1) is 19.8. The average molecular weight is 562 g/mol. The topological polar surface area (TPSA) is 99.1 Å². The summed E-state index contributed by atoms with van der Waals surface area (Å²) in [7, 11) is 0. The van der Waals surface area contributed by atoms with Gasteiger partial charge in [-0.05, 0) is 90.8 Å². The highest BCUT2D eigenvalue weighted by atomic mass is 16.5. The lowest BCUT2D eigenvalue weighted by atomic mass is 9.33. The Labute approximate surface area is 248 Å². The Morgan fingerprint density at radius 2 is 1.51 bits per heavy atom. The van der Waals surface area contributed by atoms with Gasteiger partial charge in [0.05, 0.1) is 76.1 Å². The zero-order valence-electron chi connectivity index (χ0n) is 25.9. The van der Waals surface area contributed by atoms with Crippen LogP contribution >= 0.6 is 0 Å². The molecule has 224 valence electrons. The van der Waals surface area contributed by atoms with Crippen LogP contribution in [-0.2, 0) is 14.2 Å². The van der Waals surface area contributed by atoms with E-state index in [4.69, 9.17) is 19.5 Å². The van der Waals surface area contributed by atoms with Crippen LogP contribution in [0.15, 0.2) is 11.6 Å². The fourth-order valence-electron chi connectivity index (χ4n) is 11.1. The maximum atomic E-state index is 9.27. The molecule has 0 aromatic rings. The minimum Gasteiger partial charge on any atom is -0.380 e. The standard InChI is InChI=1S/C35H51N3O3/c1-24(2)26-22-35-14-11-29-33(3,23-39-18-6-15-36)12-5-13-34(29,4)30(35)21-25(26)31-27(40-19-7-16-37)9-10-28(32(31)35)41-20-8-17-38/h22,24-25,27-32H,5-14,18-21,23H2,1-4H3/t25-,27-,28-,29-,30+,31-,32+,33-,34-,35-/m0/s1. The molecule has 6 rings (SSSR count). The predicted molar refractivity (Wildman–Crippen MR) is 157 cm³/mol. The van der Waals surface area contributed by atoms with Crippen molar-refractivity contribution in [1.29, 1.82) is 15.8 Å². The van der Waals surface area contributed by atoms with Gasteiger partial charge in [-0.3, -0.25) is 0 Å². The van der Waals surface area contributed by atoms with E-state index in [1.54, 1.807) is 5.57 Å². The summed E-state index contributed by atoms with van der Waals surface area (Å²) in [5, 5.41) is 27.5. The third-order valence-electron chi connectivity index (χ3n) is 12.4. The van der Waals surface area contributed by atoms with Crippen molar-refractivity contribution in [1.82, 2.24) is 0 Å². The first kappa shape index (κ1) is 30.5. The number of ether oxygens (including phenoxy) is 3. The van der Waals surface area contributed by atoms with E-state index < -0.39 is 0 Å². The SMILES string of the molecule is CC(C)C1=C[C@@]23CC[C@H]4[C@](C)(COCCC#N)CCC[C@]4(C)[C@H]2C[C@@H]1[C@@H]1[C@H]3[C@@H](OCCC#N)CC[C@@H]1OCCC#N. The molecule has 0 aliphatic heterocycles. The maximum Gasteiger partial charge on any atom is 0.0645 e. The monoisotopic (exact) mass is 561 g/mol. The van der Waals surface area contributed by atoms with Gasteiger partial charge in [0.2, 0.25) is 0 Å². The summed E-state index contributed by atoms with van der Waals surface area (Å²) in [5.41, 5.74) is 2.09. The Morgan fingerprint density at radius 1 is 0.854 bits per heavy atom. The lowest BCUT2D eigenvalue weighted by Crippen LogP contribution is -2.68. The Balaban J connectivity index is 1.52. The molecule has 4 fully saturated rings. The zero-order valence-corrected chi connectivity index (χ0v) is 25.9. The molecule has 1 spiro atoms. The van der Waals surface area contributed by atoms with E-state index in [1.165, 1.54) is 38.5 Å². The third-order valence-corrected chi connectivity index (χ3v) is 12.4. The molecule has 0 amide bonds. The van der Waals surface area contributed by atoms with Gasteiger partial charge in [-0.2, -0.15) is 15.8 Å². The van der Waals surface area contributed by atoms with E-state index in [9.17, 15) is 10.5 Å². The quantitative estimate of drug-likeness (QED) is 0.193. The number of nitriles is 3. The van der Waals surface area contributed by atoms with Gasteiger partial charge in [-0.1, -0.05) is 45.8 Å². The molecule has 0 radical (unpaired) electrons. The van der Waals surface area contributed by atoms with Crippen molar-refractivity contribution in [2.45, 2.75) is 111 Å². The van der Waals surface area contributed by atoms with E-state index in [2.05, 4.69) is 52.0 Å². The number of allylic oxidation sites excluding steroid dienone is 2. The summed E-state index contributed by atoms with van der Waals surface area (Å²) in [6.45, 7) is 12.1. The molecule has 6 aliphatic carbocycles. The van der Waals surface area contributed by atoms with Gasteiger partial charge in [0.1, 0.15) is 0 Å². The van der Waals surface area contributed by atoms with E-state index in [-0.39, 0.29) is 28.5 Å². The van der Waals surface area contributed by atoms with Crippen LogP contribution in [0.1, 0.15) is 98.3 Å². The van der Waals surface area contributed by atoms with Crippen molar-refractivity contribution in [3.05, 3.63) is 11.6 Å². The summed E-state index contributed by atoms with van der Waals surface area (Å²) >= 11 is 0. The molecule has 0 aromatic carbocycles. The molecule has 6 nitrogen and oxygen atoms in total. The van der Waals surface area contributed by atoms with Gasteiger partial charge in [0, 0.05) is 5.92 Å². The van der Waals surface area contributed by atoms with Crippen LogP contribution in [0.25, 0.3) is 0 Å². The first-order valence-electron chi connectivity index (χ1n) is 16.4. The maximum absolute atomic E-state index is 9.27. The summed E-state index contributed by atoms with van der Waals surface area (Å²) in [5.74, 6) is 3.01. The lowest BCUT2D eigenvalue weighted by Gasteiger charge is -2.72. The molecule has 6 heteroatoms. The normalized spacial score (nSPS) is 42.7. The van der Waals surface area contributed by atoms with Crippen LogP contribution < -0.4 is 0 Å². The van der Waals surface area contributed by atoms with Crippen LogP contribution in [0, 0.1) is 85.7 Å². The minimum absolute atomic E-state index is 0.0821. The molecule has 0 aromatic heterocycles.